The largest absolute Gasteiger partial charge is 0.382 e. The number of benzene rings is 1. The highest BCUT2D eigenvalue weighted by molar-refractivity contribution is 7.89. The van der Waals surface area contributed by atoms with E-state index in [1.165, 1.54) is 31.1 Å². The minimum absolute atomic E-state index is 0.0789. The summed E-state index contributed by atoms with van der Waals surface area (Å²) in [6, 6.07) is 5.47. The van der Waals surface area contributed by atoms with Crippen LogP contribution in [0.15, 0.2) is 23.1 Å². The summed E-state index contributed by atoms with van der Waals surface area (Å²) in [7, 11) is -2.15. The predicted molar refractivity (Wildman–Crippen MR) is 100 cm³/mol. The third kappa shape index (κ3) is 4.04. The summed E-state index contributed by atoms with van der Waals surface area (Å²) >= 11 is 0. The molecule has 0 spiro atoms. The number of hydrogen-bond donors (Lipinski definition) is 2. The van der Waals surface area contributed by atoms with E-state index in [0.717, 1.165) is 18.5 Å². The highest BCUT2D eigenvalue weighted by Gasteiger charge is 2.21. The summed E-state index contributed by atoms with van der Waals surface area (Å²) in [5.41, 5.74) is 1.49. The molecule has 1 aliphatic carbocycles. The Morgan fingerprint density at radius 2 is 1.92 bits per heavy atom. The van der Waals surface area contributed by atoms with Gasteiger partial charge in [-0.15, -0.1) is 10.2 Å². The summed E-state index contributed by atoms with van der Waals surface area (Å²) in [6.07, 6.45) is 5.92. The molecule has 0 atom stereocenters. The van der Waals surface area contributed by atoms with E-state index in [-0.39, 0.29) is 10.9 Å². The third-order valence-corrected chi connectivity index (χ3v) is 6.08. The highest BCUT2D eigenvalue weighted by atomic mass is 32.2. The van der Waals surface area contributed by atoms with Crippen LogP contribution in [0.1, 0.15) is 52.0 Å². The fourth-order valence-electron chi connectivity index (χ4n) is 3.14. The monoisotopic (exact) mass is 378 g/mol. The summed E-state index contributed by atoms with van der Waals surface area (Å²) in [4.78, 5) is 1.71. The minimum Gasteiger partial charge on any atom is -0.382 e. The number of sulfonamides is 1. The minimum atomic E-state index is -3.55. The van der Waals surface area contributed by atoms with Crippen LogP contribution in [-0.2, 0) is 10.0 Å². The second-order valence-electron chi connectivity index (χ2n) is 6.92. The molecule has 2 aromatic rings. The van der Waals surface area contributed by atoms with Gasteiger partial charge in [0, 0.05) is 17.3 Å². The van der Waals surface area contributed by atoms with E-state index in [1.807, 2.05) is 13.8 Å². The fourth-order valence-corrected chi connectivity index (χ4v) is 3.89. The smallest absolute Gasteiger partial charge is 0.240 e. The topological polar surface area (TPSA) is 102 Å². The fraction of sp³-hybridized carbons (Fsp3) is 0.588. The van der Waals surface area contributed by atoms with Crippen LogP contribution >= 0.6 is 0 Å². The van der Waals surface area contributed by atoms with Crippen molar-refractivity contribution in [3.8, 4) is 11.4 Å². The molecule has 2 N–H and O–H groups in total. The molecule has 1 aromatic heterocycles. The quantitative estimate of drug-likeness (QED) is 0.801. The zero-order valence-corrected chi connectivity index (χ0v) is 16.3. The van der Waals surface area contributed by atoms with Gasteiger partial charge in [0.1, 0.15) is 0 Å². The van der Waals surface area contributed by atoms with Gasteiger partial charge in [0.2, 0.25) is 15.8 Å². The standard InChI is InChI=1S/C17H26N6O2S/c1-12(2)23-21-17(20-22-23)15-11-14(26(24,25)18-3)9-10-16(15)19-13-7-5-4-6-8-13/h9-13,18-19H,4-8H2,1-3H3. The zero-order valence-electron chi connectivity index (χ0n) is 15.4. The van der Waals surface area contributed by atoms with E-state index in [1.54, 1.807) is 18.2 Å². The van der Waals surface area contributed by atoms with Crippen LogP contribution in [0.4, 0.5) is 5.69 Å². The van der Waals surface area contributed by atoms with Gasteiger partial charge in [0.15, 0.2) is 0 Å². The van der Waals surface area contributed by atoms with Gasteiger partial charge >= 0.3 is 0 Å². The normalized spacial score (nSPS) is 16.2. The average Bonchev–Trinajstić information content (AvgIpc) is 3.13. The summed E-state index contributed by atoms with van der Waals surface area (Å²) < 4.78 is 26.8. The Morgan fingerprint density at radius 3 is 2.54 bits per heavy atom. The van der Waals surface area contributed by atoms with Crippen LogP contribution in [0, 0.1) is 0 Å². The molecule has 0 aliphatic heterocycles. The summed E-state index contributed by atoms with van der Waals surface area (Å²) in [6.45, 7) is 3.93. The maximum absolute atomic E-state index is 12.2. The molecule has 1 aromatic carbocycles. The number of rotatable bonds is 6. The van der Waals surface area contributed by atoms with Gasteiger partial charge in [0.05, 0.1) is 10.9 Å². The van der Waals surface area contributed by atoms with Gasteiger partial charge in [-0.2, -0.15) is 4.80 Å². The second kappa shape index (κ2) is 7.71. The van der Waals surface area contributed by atoms with Crippen LogP contribution in [0.5, 0.6) is 0 Å². The number of aromatic nitrogens is 4. The van der Waals surface area contributed by atoms with E-state index in [4.69, 9.17) is 0 Å². The van der Waals surface area contributed by atoms with Crippen LogP contribution in [0.3, 0.4) is 0 Å². The average molecular weight is 379 g/mol. The van der Waals surface area contributed by atoms with Crippen molar-refractivity contribution in [3.63, 3.8) is 0 Å². The van der Waals surface area contributed by atoms with Crippen molar-refractivity contribution in [3.05, 3.63) is 18.2 Å². The van der Waals surface area contributed by atoms with Gasteiger partial charge in [0.25, 0.3) is 0 Å². The third-order valence-electron chi connectivity index (χ3n) is 4.67. The van der Waals surface area contributed by atoms with Crippen molar-refractivity contribution in [2.24, 2.45) is 0 Å². The Hall–Kier alpha value is -2.00. The first kappa shape index (κ1) is 18.8. The first-order chi connectivity index (χ1) is 12.4. The second-order valence-corrected chi connectivity index (χ2v) is 8.81. The molecule has 0 amide bonds. The van der Waals surface area contributed by atoms with Gasteiger partial charge in [-0.05, 0) is 57.1 Å². The molecule has 1 aliphatic rings. The van der Waals surface area contributed by atoms with Crippen molar-refractivity contribution in [2.75, 3.05) is 12.4 Å². The van der Waals surface area contributed by atoms with Crippen LogP contribution in [-0.4, -0.2) is 41.7 Å². The molecular formula is C17H26N6O2S. The van der Waals surface area contributed by atoms with Gasteiger partial charge in [-0.3, -0.25) is 0 Å². The molecule has 0 radical (unpaired) electrons. The molecule has 9 heteroatoms. The molecule has 0 unspecified atom stereocenters. The lowest BCUT2D eigenvalue weighted by atomic mass is 9.95. The molecule has 142 valence electrons. The zero-order chi connectivity index (χ0) is 18.7. The predicted octanol–water partition coefficient (Wildman–Crippen LogP) is 2.57. The lowest BCUT2D eigenvalue weighted by molar-refractivity contribution is 0.455. The molecular weight excluding hydrogens is 352 g/mol. The van der Waals surface area contributed by atoms with Crippen LogP contribution in [0.2, 0.25) is 0 Å². The summed E-state index contributed by atoms with van der Waals surface area (Å²) in [5, 5.41) is 16.2. The van der Waals surface area contributed by atoms with E-state index in [0.29, 0.717) is 17.4 Å². The molecule has 1 fully saturated rings. The number of hydrogen-bond acceptors (Lipinski definition) is 6. The molecule has 1 heterocycles. The van der Waals surface area contributed by atoms with E-state index < -0.39 is 10.0 Å². The molecule has 0 saturated heterocycles. The Kier molecular flexibility index (Phi) is 5.57. The first-order valence-corrected chi connectivity index (χ1v) is 10.5. The van der Waals surface area contributed by atoms with E-state index >= 15 is 0 Å². The molecule has 26 heavy (non-hydrogen) atoms. The Morgan fingerprint density at radius 1 is 1.19 bits per heavy atom. The Bertz CT molecular complexity index is 856. The Balaban J connectivity index is 2.01. The van der Waals surface area contributed by atoms with Gasteiger partial charge < -0.3 is 5.32 Å². The summed E-state index contributed by atoms with van der Waals surface area (Å²) in [5.74, 6) is 0.421. The lowest BCUT2D eigenvalue weighted by Gasteiger charge is -2.25. The number of nitrogens with one attached hydrogen (secondary N) is 2. The number of anilines is 1. The number of nitrogens with zero attached hydrogens (tertiary/aromatic N) is 4. The SMILES string of the molecule is CNS(=O)(=O)c1ccc(NC2CCCCC2)c(-c2nnn(C(C)C)n2)c1. The van der Waals surface area contributed by atoms with Crippen molar-refractivity contribution in [1.29, 1.82) is 0 Å². The molecule has 3 rings (SSSR count). The Labute approximate surface area is 154 Å². The van der Waals surface area contributed by atoms with Gasteiger partial charge in [-0.1, -0.05) is 19.3 Å². The first-order valence-electron chi connectivity index (χ1n) is 9.04. The van der Waals surface area contributed by atoms with Crippen molar-refractivity contribution in [2.45, 2.75) is 62.9 Å². The van der Waals surface area contributed by atoms with Crippen molar-refractivity contribution in [1.82, 2.24) is 24.9 Å². The van der Waals surface area contributed by atoms with Gasteiger partial charge in [-0.25, -0.2) is 13.1 Å². The van der Waals surface area contributed by atoms with Crippen LogP contribution in [0.25, 0.3) is 11.4 Å². The molecule has 8 nitrogen and oxygen atoms in total. The molecule has 1 saturated carbocycles. The molecule has 0 bridgehead atoms. The highest BCUT2D eigenvalue weighted by Crippen LogP contribution is 2.31. The van der Waals surface area contributed by atoms with Crippen molar-refractivity contribution >= 4 is 15.7 Å². The van der Waals surface area contributed by atoms with Crippen LogP contribution < -0.4 is 10.0 Å². The van der Waals surface area contributed by atoms with Crippen molar-refractivity contribution < 1.29 is 8.42 Å². The maximum atomic E-state index is 12.2. The number of tetrazole rings is 1. The maximum Gasteiger partial charge on any atom is 0.240 e. The van der Waals surface area contributed by atoms with E-state index in [9.17, 15) is 8.42 Å². The lowest BCUT2D eigenvalue weighted by Crippen LogP contribution is -2.23. The van der Waals surface area contributed by atoms with E-state index in [2.05, 4.69) is 25.4 Å².